The van der Waals surface area contributed by atoms with Gasteiger partial charge in [-0.25, -0.2) is 0 Å². The van der Waals surface area contributed by atoms with Crippen molar-refractivity contribution in [2.75, 3.05) is 0 Å². The van der Waals surface area contributed by atoms with Gasteiger partial charge in [0.1, 0.15) is 0 Å². The van der Waals surface area contributed by atoms with Crippen LogP contribution in [0.3, 0.4) is 0 Å². The monoisotopic (exact) mass is 185 g/mol. The number of aromatic nitrogens is 1. The Morgan fingerprint density at radius 3 is 2.31 bits per heavy atom. The SMILES string of the molecule is O=[N+]([O-])c1ccc(O)c([N+](=O)[O-])n1. The first-order chi connectivity index (χ1) is 6.02. The molecule has 0 spiro atoms. The minimum absolute atomic E-state index is 0.676. The molecule has 0 atom stereocenters. The number of hydrogen-bond acceptors (Lipinski definition) is 6. The lowest BCUT2D eigenvalue weighted by molar-refractivity contribution is -0.403. The van der Waals surface area contributed by atoms with Crippen LogP contribution in [-0.4, -0.2) is 19.9 Å². The molecule has 0 bridgehead atoms. The molecular formula is C5H3N3O5. The van der Waals surface area contributed by atoms with Crippen LogP contribution in [0, 0.1) is 20.2 Å². The maximum absolute atomic E-state index is 10.2. The first kappa shape index (κ1) is 8.84. The molecule has 0 aromatic carbocycles. The van der Waals surface area contributed by atoms with Gasteiger partial charge in [-0.15, -0.1) is 0 Å². The fourth-order valence-electron chi connectivity index (χ4n) is 0.667. The van der Waals surface area contributed by atoms with Gasteiger partial charge in [-0.2, -0.15) is 0 Å². The molecule has 8 nitrogen and oxygen atoms in total. The topological polar surface area (TPSA) is 119 Å². The van der Waals surface area contributed by atoms with E-state index in [4.69, 9.17) is 5.11 Å². The van der Waals surface area contributed by atoms with Gasteiger partial charge < -0.3 is 25.3 Å². The maximum Gasteiger partial charge on any atom is 0.410 e. The van der Waals surface area contributed by atoms with Crippen molar-refractivity contribution < 1.29 is 15.0 Å². The van der Waals surface area contributed by atoms with Crippen LogP contribution < -0.4 is 0 Å². The Morgan fingerprint density at radius 2 is 1.85 bits per heavy atom. The van der Waals surface area contributed by atoms with Gasteiger partial charge in [0, 0.05) is 11.1 Å². The van der Waals surface area contributed by atoms with Gasteiger partial charge in [0.25, 0.3) is 0 Å². The minimum atomic E-state index is -0.998. The molecule has 1 N–H and O–H groups in total. The molecule has 0 radical (unpaired) electrons. The van der Waals surface area contributed by atoms with Crippen LogP contribution in [0.4, 0.5) is 11.6 Å². The highest BCUT2D eigenvalue weighted by molar-refractivity contribution is 5.42. The number of hydrogen-bond donors (Lipinski definition) is 1. The zero-order valence-corrected chi connectivity index (χ0v) is 6.08. The summed E-state index contributed by atoms with van der Waals surface area (Å²) >= 11 is 0. The van der Waals surface area contributed by atoms with Gasteiger partial charge in [-0.3, -0.25) is 0 Å². The van der Waals surface area contributed by atoms with E-state index in [9.17, 15) is 20.2 Å². The molecular weight excluding hydrogens is 182 g/mol. The molecule has 8 heteroatoms. The quantitative estimate of drug-likeness (QED) is 0.532. The van der Waals surface area contributed by atoms with Crippen molar-refractivity contribution in [2.24, 2.45) is 0 Å². The number of aromatic hydroxyl groups is 1. The average Bonchev–Trinajstić information content (AvgIpc) is 2.04. The molecule has 1 rings (SSSR count). The third-order valence-corrected chi connectivity index (χ3v) is 1.20. The Hall–Kier alpha value is -2.25. The normalized spacial score (nSPS) is 9.54. The molecule has 0 aliphatic rings. The average molecular weight is 185 g/mol. The Balaban J connectivity index is 3.27. The number of nitrogens with zero attached hydrogens (tertiary/aromatic N) is 3. The van der Waals surface area contributed by atoms with Crippen LogP contribution in [0.2, 0.25) is 0 Å². The molecule has 1 aromatic rings. The Labute approximate surface area is 70.8 Å². The molecule has 0 saturated heterocycles. The molecule has 13 heavy (non-hydrogen) atoms. The van der Waals surface area contributed by atoms with Crippen molar-refractivity contribution in [3.05, 3.63) is 32.4 Å². The van der Waals surface area contributed by atoms with Crippen molar-refractivity contribution >= 4 is 11.6 Å². The summed E-state index contributed by atoms with van der Waals surface area (Å²) in [6.45, 7) is 0. The molecule has 68 valence electrons. The highest BCUT2D eigenvalue weighted by Crippen LogP contribution is 2.24. The zero-order valence-electron chi connectivity index (χ0n) is 6.08. The second-order valence-electron chi connectivity index (χ2n) is 2.03. The van der Waals surface area contributed by atoms with Gasteiger partial charge in [-0.05, 0) is 15.9 Å². The Morgan fingerprint density at radius 1 is 1.23 bits per heavy atom. The molecule has 0 fully saturated rings. The predicted octanol–water partition coefficient (Wildman–Crippen LogP) is 0.604. The minimum Gasteiger partial charge on any atom is -0.501 e. The van der Waals surface area contributed by atoms with E-state index < -0.39 is 27.2 Å². The summed E-state index contributed by atoms with van der Waals surface area (Å²) in [5, 5.41) is 29.1. The second kappa shape index (κ2) is 3.01. The van der Waals surface area contributed by atoms with Gasteiger partial charge in [0.2, 0.25) is 5.75 Å². The summed E-state index contributed by atoms with van der Waals surface area (Å²) in [4.78, 5) is 21.4. The number of nitro groups is 2. The van der Waals surface area contributed by atoms with Crippen molar-refractivity contribution in [3.63, 3.8) is 0 Å². The molecule has 0 saturated carbocycles. The van der Waals surface area contributed by atoms with Gasteiger partial charge >= 0.3 is 11.6 Å². The van der Waals surface area contributed by atoms with Crippen LogP contribution >= 0.6 is 0 Å². The maximum atomic E-state index is 10.2. The van der Waals surface area contributed by atoms with E-state index in [1.54, 1.807) is 0 Å². The van der Waals surface area contributed by atoms with Crippen LogP contribution in [0.25, 0.3) is 0 Å². The van der Waals surface area contributed by atoms with E-state index in [0.29, 0.717) is 0 Å². The van der Waals surface area contributed by atoms with Crippen molar-refractivity contribution in [2.45, 2.75) is 0 Å². The predicted molar refractivity (Wildman–Crippen MR) is 39.2 cm³/mol. The van der Waals surface area contributed by atoms with Crippen LogP contribution in [0.5, 0.6) is 5.75 Å². The standard InChI is InChI=1S/C5H3N3O5/c9-3-1-2-4(7(10)11)6-5(3)8(12)13/h1-2,9H. The summed E-state index contributed by atoms with van der Waals surface area (Å²) in [5.74, 6) is -2.30. The smallest absolute Gasteiger partial charge is 0.410 e. The van der Waals surface area contributed by atoms with E-state index >= 15 is 0 Å². The summed E-state index contributed by atoms with van der Waals surface area (Å²) in [5.41, 5.74) is 0. The molecule has 0 aliphatic carbocycles. The van der Waals surface area contributed by atoms with Crippen molar-refractivity contribution in [1.82, 2.24) is 4.98 Å². The zero-order chi connectivity index (χ0) is 10.0. The van der Waals surface area contributed by atoms with E-state index in [-0.39, 0.29) is 0 Å². The number of pyridine rings is 1. The summed E-state index contributed by atoms with van der Waals surface area (Å²) in [6, 6.07) is 1.73. The lowest BCUT2D eigenvalue weighted by Gasteiger charge is -1.95. The lowest BCUT2D eigenvalue weighted by atomic mass is 10.4. The van der Waals surface area contributed by atoms with Crippen LogP contribution in [0.1, 0.15) is 0 Å². The van der Waals surface area contributed by atoms with Crippen LogP contribution in [-0.2, 0) is 0 Å². The van der Waals surface area contributed by atoms with Crippen molar-refractivity contribution in [1.29, 1.82) is 0 Å². The third-order valence-electron chi connectivity index (χ3n) is 1.20. The number of rotatable bonds is 2. The largest absolute Gasteiger partial charge is 0.501 e. The molecule has 0 unspecified atom stereocenters. The summed E-state index contributed by atoms with van der Waals surface area (Å²) < 4.78 is 0. The van der Waals surface area contributed by atoms with Gasteiger partial charge in [0.05, 0.1) is 0 Å². The highest BCUT2D eigenvalue weighted by atomic mass is 16.6. The summed E-state index contributed by atoms with van der Waals surface area (Å²) in [6.07, 6.45) is 0. The Kier molecular flexibility index (Phi) is 2.05. The van der Waals surface area contributed by atoms with E-state index in [1.807, 2.05) is 0 Å². The first-order valence-corrected chi connectivity index (χ1v) is 3.01. The first-order valence-electron chi connectivity index (χ1n) is 3.01. The molecule has 1 aromatic heterocycles. The molecule has 1 heterocycles. The second-order valence-corrected chi connectivity index (χ2v) is 2.03. The Bertz CT molecular complexity index is 376. The third kappa shape index (κ3) is 1.67. The van der Waals surface area contributed by atoms with Crippen LogP contribution in [0.15, 0.2) is 12.1 Å². The molecule has 0 amide bonds. The summed E-state index contributed by atoms with van der Waals surface area (Å²) in [7, 11) is 0. The van der Waals surface area contributed by atoms with E-state index in [2.05, 4.69) is 4.98 Å². The van der Waals surface area contributed by atoms with Crippen molar-refractivity contribution in [3.8, 4) is 5.75 Å². The fraction of sp³-hybridized carbons (Fsp3) is 0. The van der Waals surface area contributed by atoms with E-state index in [1.165, 1.54) is 0 Å². The highest BCUT2D eigenvalue weighted by Gasteiger charge is 2.19. The fourth-order valence-corrected chi connectivity index (χ4v) is 0.667. The lowest BCUT2D eigenvalue weighted by Crippen LogP contribution is -1.97. The van der Waals surface area contributed by atoms with E-state index in [0.717, 1.165) is 12.1 Å². The van der Waals surface area contributed by atoms with Gasteiger partial charge in [0.15, 0.2) is 0 Å². The molecule has 0 aliphatic heterocycles. The van der Waals surface area contributed by atoms with Gasteiger partial charge in [-0.1, -0.05) is 0 Å².